The van der Waals surface area contributed by atoms with Crippen molar-refractivity contribution in [2.45, 2.75) is 64.7 Å². The van der Waals surface area contributed by atoms with Gasteiger partial charge in [-0.1, -0.05) is 39.0 Å². The van der Waals surface area contributed by atoms with Gasteiger partial charge in [0.15, 0.2) is 0 Å². The van der Waals surface area contributed by atoms with Crippen LogP contribution in [0.15, 0.2) is 0 Å². The molecular formula is C13H23O2-. The molecule has 0 saturated heterocycles. The van der Waals surface area contributed by atoms with Gasteiger partial charge in [-0.25, -0.2) is 0 Å². The van der Waals surface area contributed by atoms with Crippen molar-refractivity contribution in [2.75, 3.05) is 0 Å². The number of carbonyl (C=O) groups is 1. The van der Waals surface area contributed by atoms with Gasteiger partial charge in [-0.3, -0.25) is 0 Å². The Morgan fingerprint density at radius 3 is 2.33 bits per heavy atom. The SMILES string of the molecule is CCCCCCC1CCC(C(=O)[O-])CC1. The zero-order valence-corrected chi connectivity index (χ0v) is 9.84. The highest BCUT2D eigenvalue weighted by Crippen LogP contribution is 2.31. The van der Waals surface area contributed by atoms with Crippen LogP contribution in [0.1, 0.15) is 64.7 Å². The lowest BCUT2D eigenvalue weighted by atomic mass is 9.80. The molecule has 15 heavy (non-hydrogen) atoms. The van der Waals surface area contributed by atoms with E-state index in [2.05, 4.69) is 6.92 Å². The molecule has 0 spiro atoms. The van der Waals surface area contributed by atoms with Crippen LogP contribution in [-0.2, 0) is 4.79 Å². The predicted molar refractivity (Wildman–Crippen MR) is 59.2 cm³/mol. The molecule has 1 aliphatic rings. The Labute approximate surface area is 93.1 Å². The lowest BCUT2D eigenvalue weighted by Gasteiger charge is -2.28. The first kappa shape index (κ1) is 12.5. The molecule has 1 rings (SSSR count). The van der Waals surface area contributed by atoms with Crippen molar-refractivity contribution in [3.63, 3.8) is 0 Å². The van der Waals surface area contributed by atoms with Crippen molar-refractivity contribution in [2.24, 2.45) is 11.8 Å². The normalized spacial score (nSPS) is 26.5. The Balaban J connectivity index is 2.07. The Hall–Kier alpha value is -0.530. The second kappa shape index (κ2) is 6.86. The number of unbranched alkanes of at least 4 members (excludes halogenated alkanes) is 3. The average molecular weight is 211 g/mol. The molecule has 0 aromatic carbocycles. The third kappa shape index (κ3) is 4.67. The van der Waals surface area contributed by atoms with Crippen LogP contribution in [0.3, 0.4) is 0 Å². The summed E-state index contributed by atoms with van der Waals surface area (Å²) in [7, 11) is 0. The minimum absolute atomic E-state index is 0.156. The van der Waals surface area contributed by atoms with Gasteiger partial charge in [0.25, 0.3) is 0 Å². The summed E-state index contributed by atoms with van der Waals surface area (Å²) in [6.07, 6.45) is 10.5. The van der Waals surface area contributed by atoms with E-state index in [9.17, 15) is 9.90 Å². The van der Waals surface area contributed by atoms with Gasteiger partial charge < -0.3 is 9.90 Å². The van der Waals surface area contributed by atoms with Gasteiger partial charge in [0.2, 0.25) is 0 Å². The highest BCUT2D eigenvalue weighted by molar-refractivity contribution is 5.67. The van der Waals surface area contributed by atoms with E-state index in [1.807, 2.05) is 0 Å². The molecule has 0 aromatic heterocycles. The molecule has 0 aromatic rings. The lowest BCUT2D eigenvalue weighted by molar-refractivity contribution is -0.312. The predicted octanol–water partition coefficient (Wildman–Crippen LogP) is 2.51. The minimum Gasteiger partial charge on any atom is -0.550 e. The summed E-state index contributed by atoms with van der Waals surface area (Å²) in [4.78, 5) is 10.6. The monoisotopic (exact) mass is 211 g/mol. The summed E-state index contributed by atoms with van der Waals surface area (Å²) < 4.78 is 0. The van der Waals surface area contributed by atoms with E-state index in [4.69, 9.17) is 0 Å². The third-order valence-corrected chi connectivity index (χ3v) is 3.65. The summed E-state index contributed by atoms with van der Waals surface area (Å²) in [5.41, 5.74) is 0. The van der Waals surface area contributed by atoms with E-state index in [1.165, 1.54) is 32.1 Å². The molecule has 1 aliphatic carbocycles. The van der Waals surface area contributed by atoms with Crippen molar-refractivity contribution < 1.29 is 9.90 Å². The maximum atomic E-state index is 10.6. The molecular weight excluding hydrogens is 188 g/mol. The lowest BCUT2D eigenvalue weighted by Crippen LogP contribution is -2.33. The van der Waals surface area contributed by atoms with Gasteiger partial charge >= 0.3 is 0 Å². The molecule has 0 bridgehead atoms. The number of hydrogen-bond acceptors (Lipinski definition) is 2. The van der Waals surface area contributed by atoms with Crippen molar-refractivity contribution in [1.29, 1.82) is 0 Å². The largest absolute Gasteiger partial charge is 0.550 e. The molecule has 1 saturated carbocycles. The summed E-state index contributed by atoms with van der Waals surface area (Å²) in [6.45, 7) is 2.23. The van der Waals surface area contributed by atoms with Crippen LogP contribution in [0.5, 0.6) is 0 Å². The molecule has 2 heteroatoms. The van der Waals surface area contributed by atoms with Crippen LogP contribution in [0.2, 0.25) is 0 Å². The summed E-state index contributed by atoms with van der Waals surface area (Å²) >= 11 is 0. The Kier molecular flexibility index (Phi) is 5.74. The number of carboxylic acid groups (broad SMARTS) is 1. The fourth-order valence-electron chi connectivity index (χ4n) is 2.55. The summed E-state index contributed by atoms with van der Waals surface area (Å²) in [6, 6.07) is 0. The fraction of sp³-hybridized carbons (Fsp3) is 0.923. The maximum absolute atomic E-state index is 10.6. The molecule has 1 fully saturated rings. The quantitative estimate of drug-likeness (QED) is 0.633. The van der Waals surface area contributed by atoms with Crippen molar-refractivity contribution in [1.82, 2.24) is 0 Å². The van der Waals surface area contributed by atoms with Crippen molar-refractivity contribution in [3.05, 3.63) is 0 Å². The fourth-order valence-corrected chi connectivity index (χ4v) is 2.55. The second-order valence-corrected chi connectivity index (χ2v) is 4.89. The molecule has 0 atom stereocenters. The number of rotatable bonds is 6. The van der Waals surface area contributed by atoms with E-state index < -0.39 is 5.97 Å². The first-order chi connectivity index (χ1) is 7.24. The van der Waals surface area contributed by atoms with Gasteiger partial charge in [-0.2, -0.15) is 0 Å². The Bertz CT molecular complexity index is 181. The number of carbonyl (C=O) groups excluding carboxylic acids is 1. The summed E-state index contributed by atoms with van der Waals surface area (Å²) in [5.74, 6) is -0.200. The number of aliphatic carboxylic acids is 1. The third-order valence-electron chi connectivity index (χ3n) is 3.65. The Morgan fingerprint density at radius 1 is 1.13 bits per heavy atom. The number of hydrogen-bond donors (Lipinski definition) is 0. The van der Waals surface area contributed by atoms with Gasteiger partial charge in [0, 0.05) is 5.97 Å². The van der Waals surface area contributed by atoms with Crippen molar-refractivity contribution >= 4 is 5.97 Å². The minimum atomic E-state index is -0.834. The van der Waals surface area contributed by atoms with Crippen molar-refractivity contribution in [3.8, 4) is 0 Å². The zero-order valence-electron chi connectivity index (χ0n) is 9.84. The molecule has 0 N–H and O–H groups in total. The van der Waals surface area contributed by atoms with Crippen LogP contribution in [0.4, 0.5) is 0 Å². The molecule has 0 unspecified atom stereocenters. The Morgan fingerprint density at radius 2 is 1.80 bits per heavy atom. The summed E-state index contributed by atoms with van der Waals surface area (Å²) in [5, 5.41) is 10.6. The van der Waals surface area contributed by atoms with E-state index in [0.717, 1.165) is 31.6 Å². The standard InChI is InChI=1S/C13H24O2/c1-2-3-4-5-6-11-7-9-12(10-8-11)13(14)15/h11-12H,2-10H2,1H3,(H,14,15)/p-1. The van der Waals surface area contributed by atoms with Gasteiger partial charge in [-0.15, -0.1) is 0 Å². The van der Waals surface area contributed by atoms with Gasteiger partial charge in [-0.05, 0) is 37.5 Å². The molecule has 88 valence electrons. The number of carboxylic acids is 1. The van der Waals surface area contributed by atoms with Crippen LogP contribution < -0.4 is 5.11 Å². The van der Waals surface area contributed by atoms with Gasteiger partial charge in [0.05, 0.1) is 0 Å². The van der Waals surface area contributed by atoms with E-state index >= 15 is 0 Å². The average Bonchev–Trinajstić information content (AvgIpc) is 2.25. The van der Waals surface area contributed by atoms with E-state index in [0.29, 0.717) is 0 Å². The van der Waals surface area contributed by atoms with E-state index in [1.54, 1.807) is 0 Å². The van der Waals surface area contributed by atoms with Crippen LogP contribution in [-0.4, -0.2) is 5.97 Å². The van der Waals surface area contributed by atoms with Crippen LogP contribution in [0.25, 0.3) is 0 Å². The maximum Gasteiger partial charge on any atom is 0.0445 e. The zero-order chi connectivity index (χ0) is 11.1. The van der Waals surface area contributed by atoms with Crippen LogP contribution >= 0.6 is 0 Å². The smallest absolute Gasteiger partial charge is 0.0445 e. The second-order valence-electron chi connectivity index (χ2n) is 4.89. The molecule has 2 nitrogen and oxygen atoms in total. The topological polar surface area (TPSA) is 40.1 Å². The molecule has 0 heterocycles. The molecule has 0 radical (unpaired) electrons. The first-order valence-corrected chi connectivity index (χ1v) is 6.45. The highest BCUT2D eigenvalue weighted by atomic mass is 16.4. The van der Waals surface area contributed by atoms with Crippen LogP contribution in [0, 0.1) is 11.8 Å². The van der Waals surface area contributed by atoms with E-state index in [-0.39, 0.29) is 5.92 Å². The highest BCUT2D eigenvalue weighted by Gasteiger charge is 2.21. The first-order valence-electron chi connectivity index (χ1n) is 6.45. The molecule has 0 aliphatic heterocycles. The van der Waals surface area contributed by atoms with Gasteiger partial charge in [0.1, 0.15) is 0 Å². The molecule has 0 amide bonds.